The number of rotatable bonds is 4. The number of Topliss-reactive ketones (excluding diaryl/α,β-unsaturated/α-hetero) is 1. The third kappa shape index (κ3) is 3.14. The number of carbonyl (C=O) groups excluding carboxylic acids is 1. The number of aromatic nitrogens is 1. The van der Waals surface area contributed by atoms with E-state index >= 15 is 0 Å². The van der Waals surface area contributed by atoms with Crippen molar-refractivity contribution in [3.05, 3.63) is 45.9 Å². The molecule has 0 aliphatic carbocycles. The molecule has 3 nitrogen and oxygen atoms in total. The Kier molecular flexibility index (Phi) is 4.22. The Labute approximate surface area is 121 Å². The van der Waals surface area contributed by atoms with E-state index in [1.54, 1.807) is 5.38 Å². The van der Waals surface area contributed by atoms with E-state index in [-0.39, 0.29) is 11.8 Å². The largest absolute Gasteiger partial charge is 0.344 e. The minimum Gasteiger partial charge on any atom is -0.344 e. The minimum atomic E-state index is -0.00805. The van der Waals surface area contributed by atoms with Crippen LogP contribution in [-0.4, -0.2) is 17.8 Å². The Bertz CT molecular complexity index is 597. The summed E-state index contributed by atoms with van der Waals surface area (Å²) < 4.78 is 0. The van der Waals surface area contributed by atoms with Gasteiger partial charge in [-0.2, -0.15) is 0 Å². The number of nitrogens with zero attached hydrogens (tertiary/aromatic N) is 2. The molecule has 0 aliphatic rings. The molecule has 1 aromatic carbocycles. The zero-order valence-corrected chi connectivity index (χ0v) is 12.6. The highest BCUT2D eigenvalue weighted by molar-refractivity contribution is 7.13. The molecule has 0 saturated heterocycles. The maximum absolute atomic E-state index is 11.3. The first kappa shape index (κ1) is 14.0. The van der Waals surface area contributed by atoms with Gasteiger partial charge in [0, 0.05) is 24.4 Å². The number of hydrogen-bond donors (Lipinski definition) is 0. The Morgan fingerprint density at radius 3 is 2.79 bits per heavy atom. The molecule has 1 unspecified atom stereocenters. The van der Waals surface area contributed by atoms with E-state index in [1.165, 1.54) is 18.3 Å². The Hall–Kier alpha value is -1.39. The standard InChI is InChI=1S/C14H15ClN2OS/c1-9(11-5-4-6-12(15)7-11)17(3)14-16-13(8-19-14)10(2)18/h4-9H,1-3H3. The SMILES string of the molecule is CC(=O)c1csc(N(C)C(C)c2cccc(Cl)c2)n1. The Morgan fingerprint density at radius 1 is 1.47 bits per heavy atom. The van der Waals surface area contributed by atoms with E-state index in [9.17, 15) is 4.79 Å². The highest BCUT2D eigenvalue weighted by Crippen LogP contribution is 2.29. The van der Waals surface area contributed by atoms with E-state index in [0.29, 0.717) is 5.69 Å². The van der Waals surface area contributed by atoms with Crippen molar-refractivity contribution in [2.24, 2.45) is 0 Å². The summed E-state index contributed by atoms with van der Waals surface area (Å²) in [4.78, 5) is 17.7. The van der Waals surface area contributed by atoms with Crippen LogP contribution in [0.15, 0.2) is 29.6 Å². The Morgan fingerprint density at radius 2 is 2.21 bits per heavy atom. The lowest BCUT2D eigenvalue weighted by Crippen LogP contribution is -2.21. The van der Waals surface area contributed by atoms with Gasteiger partial charge >= 0.3 is 0 Å². The lowest BCUT2D eigenvalue weighted by molar-refractivity contribution is 0.101. The predicted octanol–water partition coefficient (Wildman–Crippen LogP) is 4.20. The van der Waals surface area contributed by atoms with Crippen LogP contribution in [0, 0.1) is 0 Å². The van der Waals surface area contributed by atoms with Gasteiger partial charge in [-0.05, 0) is 24.6 Å². The summed E-state index contributed by atoms with van der Waals surface area (Å²) in [6.45, 7) is 3.61. The van der Waals surface area contributed by atoms with Crippen LogP contribution in [0.3, 0.4) is 0 Å². The van der Waals surface area contributed by atoms with Gasteiger partial charge in [0.05, 0.1) is 6.04 Å². The van der Waals surface area contributed by atoms with Crippen LogP contribution in [0.1, 0.15) is 35.9 Å². The van der Waals surface area contributed by atoms with Crippen molar-refractivity contribution < 1.29 is 4.79 Å². The first-order valence-electron chi connectivity index (χ1n) is 5.94. The molecule has 0 amide bonds. The monoisotopic (exact) mass is 294 g/mol. The fourth-order valence-corrected chi connectivity index (χ4v) is 2.85. The second-order valence-electron chi connectivity index (χ2n) is 4.41. The van der Waals surface area contributed by atoms with Gasteiger partial charge < -0.3 is 4.90 Å². The van der Waals surface area contributed by atoms with E-state index < -0.39 is 0 Å². The zero-order chi connectivity index (χ0) is 14.0. The molecule has 0 bridgehead atoms. The van der Waals surface area contributed by atoms with Crippen LogP contribution in [0.2, 0.25) is 5.02 Å². The number of thiazole rings is 1. The molecule has 1 heterocycles. The number of carbonyl (C=O) groups is 1. The van der Waals surface area contributed by atoms with Gasteiger partial charge in [-0.3, -0.25) is 4.79 Å². The van der Waals surface area contributed by atoms with Gasteiger partial charge in [0.25, 0.3) is 0 Å². The quantitative estimate of drug-likeness (QED) is 0.793. The fraction of sp³-hybridized carbons (Fsp3) is 0.286. The molecule has 0 fully saturated rings. The second kappa shape index (κ2) is 5.72. The van der Waals surface area contributed by atoms with Crippen LogP contribution in [0.4, 0.5) is 5.13 Å². The highest BCUT2D eigenvalue weighted by atomic mass is 35.5. The zero-order valence-electron chi connectivity index (χ0n) is 11.1. The molecule has 100 valence electrons. The number of hydrogen-bond acceptors (Lipinski definition) is 4. The van der Waals surface area contributed by atoms with Crippen LogP contribution >= 0.6 is 22.9 Å². The number of ketones is 1. The first-order chi connectivity index (χ1) is 8.99. The normalized spacial score (nSPS) is 12.2. The number of halogens is 1. The Balaban J connectivity index is 2.22. The topological polar surface area (TPSA) is 33.2 Å². The molecule has 2 rings (SSSR count). The molecular formula is C14H15ClN2OS. The summed E-state index contributed by atoms with van der Waals surface area (Å²) in [5, 5.41) is 3.35. The van der Waals surface area contributed by atoms with Crippen molar-refractivity contribution in [2.45, 2.75) is 19.9 Å². The molecule has 5 heteroatoms. The van der Waals surface area contributed by atoms with E-state index in [4.69, 9.17) is 11.6 Å². The minimum absolute atomic E-state index is 0.00805. The van der Waals surface area contributed by atoms with Crippen LogP contribution in [0.5, 0.6) is 0 Å². The smallest absolute Gasteiger partial charge is 0.186 e. The molecular weight excluding hydrogens is 280 g/mol. The summed E-state index contributed by atoms with van der Waals surface area (Å²) in [6, 6.07) is 7.92. The molecule has 0 saturated carbocycles. The molecule has 1 atom stereocenters. The summed E-state index contributed by atoms with van der Waals surface area (Å²) in [5.74, 6) is -0.00805. The number of anilines is 1. The van der Waals surface area contributed by atoms with Crippen molar-refractivity contribution in [3.8, 4) is 0 Å². The van der Waals surface area contributed by atoms with Gasteiger partial charge in [0.15, 0.2) is 10.9 Å². The number of benzene rings is 1. The summed E-state index contributed by atoms with van der Waals surface area (Å²) >= 11 is 7.48. The van der Waals surface area contributed by atoms with Crippen molar-refractivity contribution in [3.63, 3.8) is 0 Å². The maximum atomic E-state index is 11.3. The third-order valence-corrected chi connectivity index (χ3v) is 4.23. The fourth-order valence-electron chi connectivity index (χ4n) is 1.74. The van der Waals surface area contributed by atoms with Crippen molar-refractivity contribution in [2.75, 3.05) is 11.9 Å². The average molecular weight is 295 g/mol. The van der Waals surface area contributed by atoms with E-state index in [2.05, 4.69) is 11.9 Å². The van der Waals surface area contributed by atoms with Crippen LogP contribution in [-0.2, 0) is 0 Å². The predicted molar refractivity (Wildman–Crippen MR) is 80.4 cm³/mol. The van der Waals surface area contributed by atoms with Crippen LogP contribution < -0.4 is 4.90 Å². The summed E-state index contributed by atoms with van der Waals surface area (Å²) in [5.41, 5.74) is 1.64. The molecule has 1 aromatic heterocycles. The van der Waals surface area contributed by atoms with Gasteiger partial charge in [-0.1, -0.05) is 23.7 Å². The molecule has 0 spiro atoms. The van der Waals surface area contributed by atoms with E-state index in [0.717, 1.165) is 15.7 Å². The second-order valence-corrected chi connectivity index (χ2v) is 5.69. The molecule has 0 aliphatic heterocycles. The summed E-state index contributed by atoms with van der Waals surface area (Å²) in [6.07, 6.45) is 0. The lowest BCUT2D eigenvalue weighted by atomic mass is 10.1. The maximum Gasteiger partial charge on any atom is 0.186 e. The first-order valence-corrected chi connectivity index (χ1v) is 7.19. The molecule has 0 N–H and O–H groups in total. The van der Waals surface area contributed by atoms with Gasteiger partial charge in [-0.15, -0.1) is 11.3 Å². The molecule has 0 radical (unpaired) electrons. The van der Waals surface area contributed by atoms with Crippen molar-refractivity contribution >= 4 is 33.9 Å². The summed E-state index contributed by atoms with van der Waals surface area (Å²) in [7, 11) is 1.97. The van der Waals surface area contributed by atoms with Gasteiger partial charge in [-0.25, -0.2) is 4.98 Å². The highest BCUT2D eigenvalue weighted by Gasteiger charge is 2.16. The van der Waals surface area contributed by atoms with Crippen LogP contribution in [0.25, 0.3) is 0 Å². The van der Waals surface area contributed by atoms with Gasteiger partial charge in [0.2, 0.25) is 0 Å². The molecule has 19 heavy (non-hydrogen) atoms. The van der Waals surface area contributed by atoms with Crippen molar-refractivity contribution in [1.29, 1.82) is 0 Å². The van der Waals surface area contributed by atoms with E-state index in [1.807, 2.05) is 36.2 Å². The van der Waals surface area contributed by atoms with Crippen molar-refractivity contribution in [1.82, 2.24) is 4.98 Å². The third-order valence-electron chi connectivity index (χ3n) is 3.07. The average Bonchev–Trinajstić information content (AvgIpc) is 2.86. The van der Waals surface area contributed by atoms with Gasteiger partial charge in [0.1, 0.15) is 5.69 Å². The lowest BCUT2D eigenvalue weighted by Gasteiger charge is -2.24. The molecule has 2 aromatic rings.